The molecule has 21 heavy (non-hydrogen) atoms. The van der Waals surface area contributed by atoms with Crippen LogP contribution in [-0.2, 0) is 11.3 Å². The first kappa shape index (κ1) is 15.6. The van der Waals surface area contributed by atoms with Gasteiger partial charge in [0.1, 0.15) is 6.04 Å². The number of hydrogen-bond donors (Lipinski definition) is 2. The molecule has 0 aliphatic carbocycles. The van der Waals surface area contributed by atoms with Gasteiger partial charge in [0.05, 0.1) is 0 Å². The molecule has 2 rings (SSSR count). The number of likely N-dealkylation sites (tertiary alicyclic amines) is 1. The Morgan fingerprint density at radius 2 is 2.14 bits per heavy atom. The third kappa shape index (κ3) is 3.88. The summed E-state index contributed by atoms with van der Waals surface area (Å²) in [7, 11) is 0. The van der Waals surface area contributed by atoms with Crippen molar-refractivity contribution < 1.29 is 14.7 Å². The third-order valence-electron chi connectivity index (χ3n) is 3.80. The molecular weight excluding hydrogens is 292 g/mol. The van der Waals surface area contributed by atoms with Gasteiger partial charge < -0.3 is 15.3 Å². The molecule has 0 saturated carbocycles. The molecule has 1 saturated heterocycles. The maximum Gasteiger partial charge on any atom is 0.326 e. The van der Waals surface area contributed by atoms with Crippen molar-refractivity contribution >= 4 is 23.6 Å². The van der Waals surface area contributed by atoms with E-state index in [0.717, 1.165) is 12.0 Å². The summed E-state index contributed by atoms with van der Waals surface area (Å²) in [5.41, 5.74) is 0.810. The molecule has 1 heterocycles. The predicted octanol–water partition coefficient (Wildman–Crippen LogP) is 2.73. The number of benzene rings is 1. The number of hydrogen-bond acceptors (Lipinski definition) is 2. The van der Waals surface area contributed by atoms with Gasteiger partial charge in [0.15, 0.2) is 0 Å². The van der Waals surface area contributed by atoms with Crippen molar-refractivity contribution in [1.82, 2.24) is 10.2 Å². The molecule has 2 atom stereocenters. The van der Waals surface area contributed by atoms with Crippen LogP contribution < -0.4 is 5.32 Å². The third-order valence-corrected chi connectivity index (χ3v) is 4.17. The molecule has 1 fully saturated rings. The fraction of sp³-hybridized carbons (Fsp3) is 0.467. The number of nitrogens with one attached hydrogen (secondary N) is 1. The van der Waals surface area contributed by atoms with Gasteiger partial charge in [-0.25, -0.2) is 9.59 Å². The van der Waals surface area contributed by atoms with Crippen molar-refractivity contribution in [2.24, 2.45) is 5.92 Å². The number of amides is 2. The Hall–Kier alpha value is -1.75. The highest BCUT2D eigenvalue weighted by Crippen LogP contribution is 2.23. The first-order valence-corrected chi connectivity index (χ1v) is 7.37. The molecule has 1 aromatic rings. The lowest BCUT2D eigenvalue weighted by molar-refractivity contribution is -0.143. The Morgan fingerprint density at radius 1 is 1.43 bits per heavy atom. The molecule has 6 heteroatoms. The van der Waals surface area contributed by atoms with Crippen molar-refractivity contribution in [2.45, 2.75) is 32.4 Å². The molecule has 1 aliphatic rings. The SMILES string of the molecule is CC1CCN(C(=O)NCc2ccccc2Cl)C(C(=O)O)C1. The number of rotatable bonds is 3. The lowest BCUT2D eigenvalue weighted by Gasteiger charge is -2.35. The molecule has 1 aromatic carbocycles. The van der Waals surface area contributed by atoms with Crippen LogP contribution in [0.2, 0.25) is 5.02 Å². The van der Waals surface area contributed by atoms with Crippen LogP contribution in [0.1, 0.15) is 25.3 Å². The molecular formula is C15H19ClN2O3. The van der Waals surface area contributed by atoms with E-state index in [9.17, 15) is 14.7 Å². The highest BCUT2D eigenvalue weighted by molar-refractivity contribution is 6.31. The first-order chi connectivity index (χ1) is 9.99. The molecule has 0 spiro atoms. The summed E-state index contributed by atoms with van der Waals surface area (Å²) in [6, 6.07) is 6.14. The van der Waals surface area contributed by atoms with Gasteiger partial charge in [-0.05, 0) is 30.4 Å². The highest BCUT2D eigenvalue weighted by atomic mass is 35.5. The zero-order valence-electron chi connectivity index (χ0n) is 11.9. The van der Waals surface area contributed by atoms with Crippen molar-refractivity contribution in [3.8, 4) is 0 Å². The Balaban J connectivity index is 1.99. The number of piperidine rings is 1. The van der Waals surface area contributed by atoms with Crippen molar-refractivity contribution in [1.29, 1.82) is 0 Å². The number of aliphatic carboxylic acids is 1. The number of nitrogens with zero attached hydrogens (tertiary/aromatic N) is 1. The Bertz CT molecular complexity index is 535. The van der Waals surface area contributed by atoms with Crippen molar-refractivity contribution in [3.63, 3.8) is 0 Å². The molecule has 0 aromatic heterocycles. The average molecular weight is 311 g/mol. The lowest BCUT2D eigenvalue weighted by atomic mass is 9.93. The molecule has 0 radical (unpaired) electrons. The van der Waals surface area contributed by atoms with Crippen LogP contribution in [0, 0.1) is 5.92 Å². The van der Waals surface area contributed by atoms with E-state index in [1.807, 2.05) is 25.1 Å². The second-order valence-electron chi connectivity index (χ2n) is 5.43. The zero-order chi connectivity index (χ0) is 15.4. The molecule has 5 nitrogen and oxygen atoms in total. The predicted molar refractivity (Wildman–Crippen MR) is 80.2 cm³/mol. The van der Waals surface area contributed by atoms with Gasteiger partial charge in [-0.3, -0.25) is 0 Å². The second-order valence-corrected chi connectivity index (χ2v) is 5.83. The number of carboxylic acids is 1. The Labute approximate surface area is 128 Å². The van der Waals surface area contributed by atoms with Gasteiger partial charge >= 0.3 is 12.0 Å². The zero-order valence-corrected chi connectivity index (χ0v) is 12.6. The fourth-order valence-electron chi connectivity index (χ4n) is 2.53. The normalized spacial score (nSPS) is 21.9. The Kier molecular flexibility index (Phi) is 5.07. The van der Waals surface area contributed by atoms with E-state index >= 15 is 0 Å². The summed E-state index contributed by atoms with van der Waals surface area (Å²) in [6.45, 7) is 2.76. The fourth-order valence-corrected chi connectivity index (χ4v) is 2.74. The van der Waals surface area contributed by atoms with Crippen LogP contribution in [0.4, 0.5) is 4.79 Å². The summed E-state index contributed by atoms with van der Waals surface area (Å²) in [5, 5.41) is 12.6. The van der Waals surface area contributed by atoms with E-state index in [4.69, 9.17) is 11.6 Å². The topological polar surface area (TPSA) is 69.6 Å². The lowest BCUT2D eigenvalue weighted by Crippen LogP contribution is -2.53. The van der Waals surface area contributed by atoms with Crippen LogP contribution in [0.25, 0.3) is 0 Å². The van der Waals surface area contributed by atoms with Gasteiger partial charge in [-0.2, -0.15) is 0 Å². The quantitative estimate of drug-likeness (QED) is 0.902. The van der Waals surface area contributed by atoms with Crippen LogP contribution in [0.5, 0.6) is 0 Å². The van der Waals surface area contributed by atoms with Gasteiger partial charge in [0.25, 0.3) is 0 Å². The minimum absolute atomic E-state index is 0.289. The number of carboxylic acid groups (broad SMARTS) is 1. The highest BCUT2D eigenvalue weighted by Gasteiger charge is 2.34. The molecule has 2 N–H and O–H groups in total. The van der Waals surface area contributed by atoms with Gasteiger partial charge in [0.2, 0.25) is 0 Å². The second kappa shape index (κ2) is 6.80. The van der Waals surface area contributed by atoms with Crippen LogP contribution in [-0.4, -0.2) is 34.6 Å². The summed E-state index contributed by atoms with van der Waals surface area (Å²) in [6.07, 6.45) is 1.32. The van der Waals surface area contributed by atoms with Crippen LogP contribution in [0.15, 0.2) is 24.3 Å². The molecule has 2 unspecified atom stereocenters. The van der Waals surface area contributed by atoms with Crippen LogP contribution in [0.3, 0.4) is 0 Å². The molecule has 0 bridgehead atoms. The first-order valence-electron chi connectivity index (χ1n) is 6.99. The van der Waals surface area contributed by atoms with E-state index in [-0.39, 0.29) is 12.6 Å². The van der Waals surface area contributed by atoms with E-state index < -0.39 is 12.0 Å². The summed E-state index contributed by atoms with van der Waals surface area (Å²) in [5.74, 6) is -0.631. The maximum atomic E-state index is 12.2. The largest absolute Gasteiger partial charge is 0.480 e. The van der Waals surface area contributed by atoms with Gasteiger partial charge in [-0.15, -0.1) is 0 Å². The number of urea groups is 1. The van der Waals surface area contributed by atoms with E-state index in [1.165, 1.54) is 4.90 Å². The number of carbonyl (C=O) groups excluding carboxylic acids is 1. The van der Waals surface area contributed by atoms with E-state index in [1.54, 1.807) is 6.07 Å². The number of carbonyl (C=O) groups is 2. The van der Waals surface area contributed by atoms with Crippen molar-refractivity contribution in [2.75, 3.05) is 6.54 Å². The van der Waals surface area contributed by atoms with E-state index in [0.29, 0.717) is 23.9 Å². The summed E-state index contributed by atoms with van der Waals surface area (Å²) in [4.78, 5) is 24.9. The Morgan fingerprint density at radius 3 is 2.81 bits per heavy atom. The molecule has 2 amide bonds. The minimum atomic E-state index is -0.950. The van der Waals surface area contributed by atoms with Crippen molar-refractivity contribution in [3.05, 3.63) is 34.9 Å². The summed E-state index contributed by atoms with van der Waals surface area (Å²) < 4.78 is 0. The summed E-state index contributed by atoms with van der Waals surface area (Å²) >= 11 is 6.03. The maximum absolute atomic E-state index is 12.2. The molecule has 114 valence electrons. The molecule has 1 aliphatic heterocycles. The van der Waals surface area contributed by atoms with Gasteiger partial charge in [0, 0.05) is 18.1 Å². The standard InChI is InChI=1S/C15H19ClN2O3/c1-10-6-7-18(13(8-10)14(19)20)15(21)17-9-11-4-2-3-5-12(11)16/h2-5,10,13H,6-9H2,1H3,(H,17,21)(H,19,20). The van der Waals surface area contributed by atoms with Crippen LogP contribution >= 0.6 is 11.6 Å². The van der Waals surface area contributed by atoms with Gasteiger partial charge in [-0.1, -0.05) is 36.7 Å². The number of halogens is 1. The average Bonchev–Trinajstić information content (AvgIpc) is 2.46. The smallest absolute Gasteiger partial charge is 0.326 e. The van der Waals surface area contributed by atoms with E-state index in [2.05, 4.69) is 5.32 Å². The monoisotopic (exact) mass is 310 g/mol. The minimum Gasteiger partial charge on any atom is -0.480 e.